The van der Waals surface area contributed by atoms with Gasteiger partial charge >= 0.3 is 0 Å². The number of furan rings is 1. The van der Waals surface area contributed by atoms with E-state index in [0.717, 1.165) is 6.07 Å². The molecule has 1 aromatic heterocycles. The molecule has 2 aromatic rings. The van der Waals surface area contributed by atoms with E-state index in [2.05, 4.69) is 0 Å². The van der Waals surface area contributed by atoms with Gasteiger partial charge in [0, 0.05) is 17.5 Å². The van der Waals surface area contributed by atoms with E-state index in [4.69, 9.17) is 10.2 Å². The molecule has 1 heterocycles. The van der Waals surface area contributed by atoms with Gasteiger partial charge in [-0.2, -0.15) is 0 Å². The zero-order valence-corrected chi connectivity index (χ0v) is 9.41. The van der Waals surface area contributed by atoms with E-state index in [9.17, 15) is 8.78 Å². The van der Waals surface area contributed by atoms with Crippen molar-refractivity contribution >= 4 is 0 Å². The fourth-order valence-corrected chi connectivity index (χ4v) is 1.84. The van der Waals surface area contributed by atoms with Crippen LogP contribution in [0.4, 0.5) is 8.78 Å². The van der Waals surface area contributed by atoms with E-state index < -0.39 is 17.7 Å². The Morgan fingerprint density at radius 3 is 2.71 bits per heavy atom. The van der Waals surface area contributed by atoms with Gasteiger partial charge in [0.25, 0.3) is 0 Å². The molecule has 0 saturated carbocycles. The molecular weight excluding hydrogens is 224 g/mol. The first-order valence-electron chi connectivity index (χ1n) is 5.41. The number of nitrogens with two attached hydrogens (primary N) is 1. The maximum absolute atomic E-state index is 13.6. The predicted octanol–water partition coefficient (Wildman–Crippen LogP) is 3.17. The lowest BCUT2D eigenvalue weighted by Gasteiger charge is -2.13. The molecule has 0 bridgehead atoms. The molecule has 0 amide bonds. The minimum absolute atomic E-state index is 0.140. The summed E-state index contributed by atoms with van der Waals surface area (Å²) in [6.45, 7) is 1.91. The topological polar surface area (TPSA) is 39.2 Å². The average Bonchev–Trinajstić information content (AvgIpc) is 2.80. The Kier molecular flexibility index (Phi) is 3.24. The fraction of sp³-hybridized carbons (Fsp3) is 0.231. The molecule has 2 nitrogen and oxygen atoms in total. The van der Waals surface area contributed by atoms with Crippen molar-refractivity contribution in [2.75, 3.05) is 0 Å². The number of hydrogen-bond donors (Lipinski definition) is 1. The van der Waals surface area contributed by atoms with Crippen LogP contribution in [0.2, 0.25) is 0 Å². The van der Waals surface area contributed by atoms with Crippen LogP contribution in [0, 0.1) is 11.6 Å². The highest BCUT2D eigenvalue weighted by Gasteiger charge is 2.19. The third-order valence-electron chi connectivity index (χ3n) is 2.75. The summed E-state index contributed by atoms with van der Waals surface area (Å²) in [5.41, 5.74) is 6.77. The largest absolute Gasteiger partial charge is 0.469 e. The maximum atomic E-state index is 13.6. The summed E-state index contributed by atoms with van der Waals surface area (Å²) in [6.07, 6.45) is 2.16. The lowest BCUT2D eigenvalue weighted by Crippen LogP contribution is -2.15. The lowest BCUT2D eigenvalue weighted by atomic mass is 9.98. The second kappa shape index (κ2) is 4.67. The minimum atomic E-state index is -0.900. The van der Waals surface area contributed by atoms with Crippen LogP contribution in [0.3, 0.4) is 0 Å². The second-order valence-corrected chi connectivity index (χ2v) is 3.77. The van der Waals surface area contributed by atoms with Gasteiger partial charge in [0.05, 0.1) is 12.3 Å². The zero-order chi connectivity index (χ0) is 12.4. The standard InChI is InChI=1S/C13H13F2NO/c1-2-11-8(6-7-17-11)13(16)9-4-3-5-10(14)12(9)15/h3-7,13H,2,16H2,1H3. The molecule has 0 saturated heterocycles. The van der Waals surface area contributed by atoms with Crippen LogP contribution >= 0.6 is 0 Å². The zero-order valence-electron chi connectivity index (χ0n) is 9.41. The molecule has 0 fully saturated rings. The van der Waals surface area contributed by atoms with Crippen LogP contribution in [0.25, 0.3) is 0 Å². The van der Waals surface area contributed by atoms with Gasteiger partial charge < -0.3 is 10.2 Å². The van der Waals surface area contributed by atoms with Crippen LogP contribution in [-0.4, -0.2) is 0 Å². The van der Waals surface area contributed by atoms with Gasteiger partial charge in [0.2, 0.25) is 0 Å². The van der Waals surface area contributed by atoms with Crippen molar-refractivity contribution in [1.29, 1.82) is 0 Å². The van der Waals surface area contributed by atoms with Crippen LogP contribution in [0.5, 0.6) is 0 Å². The summed E-state index contributed by atoms with van der Waals surface area (Å²) >= 11 is 0. The summed E-state index contributed by atoms with van der Waals surface area (Å²) < 4.78 is 31.9. The number of aryl methyl sites for hydroxylation is 1. The van der Waals surface area contributed by atoms with Crippen LogP contribution in [0.15, 0.2) is 34.9 Å². The second-order valence-electron chi connectivity index (χ2n) is 3.77. The molecule has 0 aliphatic rings. The average molecular weight is 237 g/mol. The molecule has 0 radical (unpaired) electrons. The van der Waals surface area contributed by atoms with Crippen LogP contribution in [0.1, 0.15) is 29.9 Å². The Bertz CT molecular complexity index is 522. The highest BCUT2D eigenvalue weighted by atomic mass is 19.2. The highest BCUT2D eigenvalue weighted by molar-refractivity contribution is 5.34. The summed E-state index contributed by atoms with van der Waals surface area (Å²) in [6, 6.07) is 4.98. The molecule has 17 heavy (non-hydrogen) atoms. The van der Waals surface area contributed by atoms with E-state index >= 15 is 0 Å². The van der Waals surface area contributed by atoms with E-state index in [1.165, 1.54) is 18.4 Å². The van der Waals surface area contributed by atoms with Crippen molar-refractivity contribution < 1.29 is 13.2 Å². The van der Waals surface area contributed by atoms with Crippen molar-refractivity contribution in [2.24, 2.45) is 5.73 Å². The van der Waals surface area contributed by atoms with Crippen LogP contribution in [-0.2, 0) is 6.42 Å². The molecule has 4 heteroatoms. The Morgan fingerprint density at radius 1 is 1.24 bits per heavy atom. The van der Waals surface area contributed by atoms with Crippen molar-refractivity contribution in [2.45, 2.75) is 19.4 Å². The summed E-state index contributed by atoms with van der Waals surface area (Å²) in [5.74, 6) is -1.09. The van der Waals surface area contributed by atoms with E-state index in [-0.39, 0.29) is 5.56 Å². The van der Waals surface area contributed by atoms with Gasteiger partial charge in [-0.05, 0) is 12.1 Å². The van der Waals surface area contributed by atoms with Gasteiger partial charge in [-0.1, -0.05) is 19.1 Å². The molecular formula is C13H13F2NO. The molecule has 0 aliphatic heterocycles. The smallest absolute Gasteiger partial charge is 0.163 e. The third-order valence-corrected chi connectivity index (χ3v) is 2.75. The first kappa shape index (κ1) is 11.8. The van der Waals surface area contributed by atoms with Gasteiger partial charge in [-0.25, -0.2) is 8.78 Å². The van der Waals surface area contributed by atoms with Crippen molar-refractivity contribution in [1.82, 2.24) is 0 Å². The van der Waals surface area contributed by atoms with E-state index in [1.54, 1.807) is 6.07 Å². The lowest BCUT2D eigenvalue weighted by molar-refractivity contribution is 0.489. The Morgan fingerprint density at radius 2 is 2.00 bits per heavy atom. The molecule has 0 aliphatic carbocycles. The monoisotopic (exact) mass is 237 g/mol. The van der Waals surface area contributed by atoms with Crippen molar-refractivity contribution in [3.63, 3.8) is 0 Å². The molecule has 2 rings (SSSR count). The van der Waals surface area contributed by atoms with Crippen molar-refractivity contribution in [3.8, 4) is 0 Å². The van der Waals surface area contributed by atoms with Crippen molar-refractivity contribution in [3.05, 3.63) is 59.1 Å². The fourth-order valence-electron chi connectivity index (χ4n) is 1.84. The minimum Gasteiger partial charge on any atom is -0.469 e. The number of benzene rings is 1. The third kappa shape index (κ3) is 2.08. The van der Waals surface area contributed by atoms with Gasteiger partial charge in [0.15, 0.2) is 11.6 Å². The first-order valence-corrected chi connectivity index (χ1v) is 5.41. The Balaban J connectivity index is 2.44. The summed E-state index contributed by atoms with van der Waals surface area (Å²) in [7, 11) is 0. The number of hydrogen-bond acceptors (Lipinski definition) is 2. The summed E-state index contributed by atoms with van der Waals surface area (Å²) in [4.78, 5) is 0. The number of rotatable bonds is 3. The predicted molar refractivity (Wildman–Crippen MR) is 60.5 cm³/mol. The normalized spacial score (nSPS) is 12.7. The summed E-state index contributed by atoms with van der Waals surface area (Å²) in [5, 5.41) is 0. The SMILES string of the molecule is CCc1occc1C(N)c1cccc(F)c1F. The molecule has 0 spiro atoms. The van der Waals surface area contributed by atoms with Crippen LogP contribution < -0.4 is 5.73 Å². The molecule has 1 aromatic carbocycles. The molecule has 90 valence electrons. The van der Waals surface area contributed by atoms with Gasteiger partial charge in [-0.3, -0.25) is 0 Å². The quantitative estimate of drug-likeness (QED) is 0.890. The van der Waals surface area contributed by atoms with Gasteiger partial charge in [-0.15, -0.1) is 0 Å². The first-order chi connectivity index (χ1) is 8.15. The Hall–Kier alpha value is -1.68. The molecule has 2 N–H and O–H groups in total. The molecule has 1 atom stereocenters. The number of halogens is 2. The van der Waals surface area contributed by atoms with E-state index in [1.807, 2.05) is 6.92 Å². The maximum Gasteiger partial charge on any atom is 0.163 e. The van der Waals surface area contributed by atoms with Gasteiger partial charge in [0.1, 0.15) is 5.76 Å². The highest BCUT2D eigenvalue weighted by Crippen LogP contribution is 2.27. The Labute approximate surface area is 98.0 Å². The molecule has 1 unspecified atom stereocenters. The van der Waals surface area contributed by atoms with E-state index in [0.29, 0.717) is 17.7 Å².